The number of hydrogen-bond donors (Lipinski definition) is 5. The molecule has 0 unspecified atom stereocenters. The molecule has 2 atom stereocenters. The molecule has 0 rings (SSSR count). The largest absolute Gasteiger partial charge is 0.354 e. The average Bonchev–Trinajstić information content (AvgIpc) is 2.85. The zero-order chi connectivity index (χ0) is 26.0. The summed E-state index contributed by atoms with van der Waals surface area (Å²) in [6, 6.07) is -1.14. The molecular formula is C28H59N5O2. The van der Waals surface area contributed by atoms with Gasteiger partial charge in [0, 0.05) is 6.54 Å². The fourth-order valence-corrected chi connectivity index (χ4v) is 4.33. The molecule has 8 N–H and O–H groups in total. The normalized spacial score (nSPS) is 12.9. The molecular weight excluding hydrogens is 438 g/mol. The minimum atomic E-state index is -0.600. The van der Waals surface area contributed by atoms with E-state index >= 15 is 0 Å². The van der Waals surface area contributed by atoms with Gasteiger partial charge in [0.15, 0.2) is 0 Å². The summed E-state index contributed by atoms with van der Waals surface area (Å²) in [6.45, 7) is 4.10. The highest BCUT2D eigenvalue weighted by Gasteiger charge is 2.23. The Morgan fingerprint density at radius 2 is 1.06 bits per heavy atom. The summed E-state index contributed by atoms with van der Waals surface area (Å²) in [7, 11) is 0. The minimum Gasteiger partial charge on any atom is -0.354 e. The molecule has 7 nitrogen and oxygen atoms in total. The van der Waals surface area contributed by atoms with E-state index in [-0.39, 0.29) is 11.8 Å². The number of carbonyl (C=O) groups excluding carboxylic acids is 2. The highest BCUT2D eigenvalue weighted by Crippen LogP contribution is 2.13. The van der Waals surface area contributed by atoms with Crippen molar-refractivity contribution < 1.29 is 9.59 Å². The van der Waals surface area contributed by atoms with Crippen molar-refractivity contribution in [2.45, 2.75) is 147 Å². The van der Waals surface area contributed by atoms with Gasteiger partial charge in [-0.1, -0.05) is 96.8 Å². The fourth-order valence-electron chi connectivity index (χ4n) is 4.33. The van der Waals surface area contributed by atoms with Crippen LogP contribution in [0.25, 0.3) is 0 Å². The molecule has 2 amide bonds. The van der Waals surface area contributed by atoms with Crippen LogP contribution in [0.2, 0.25) is 0 Å². The number of nitrogens with one attached hydrogen (secondary N) is 2. The molecule has 0 aromatic carbocycles. The maximum atomic E-state index is 12.7. The van der Waals surface area contributed by atoms with Gasteiger partial charge in [0.1, 0.15) is 6.04 Å². The molecule has 7 heteroatoms. The van der Waals surface area contributed by atoms with Crippen LogP contribution in [-0.2, 0) is 9.59 Å². The van der Waals surface area contributed by atoms with E-state index in [0.29, 0.717) is 32.5 Å². The van der Waals surface area contributed by atoms with E-state index in [1.807, 2.05) is 0 Å². The third kappa shape index (κ3) is 21.8. The van der Waals surface area contributed by atoms with Crippen LogP contribution >= 0.6 is 0 Å². The SMILES string of the molecule is CCCCCCCCCCCCCCCCNC(=O)[C@H](CCCCN)NC(=O)[C@@H](N)CCCCN. The second-order valence-electron chi connectivity index (χ2n) is 10.1. The fraction of sp³-hybridized carbons (Fsp3) is 0.929. The van der Waals surface area contributed by atoms with E-state index in [1.54, 1.807) is 0 Å². The molecule has 0 saturated heterocycles. The molecule has 0 aromatic rings. The molecule has 0 bridgehead atoms. The van der Waals surface area contributed by atoms with E-state index in [9.17, 15) is 9.59 Å². The maximum Gasteiger partial charge on any atom is 0.242 e. The Bertz CT molecular complexity index is 490. The highest BCUT2D eigenvalue weighted by atomic mass is 16.2. The predicted octanol–water partition coefficient (Wildman–Crippen LogP) is 4.65. The van der Waals surface area contributed by atoms with Crippen molar-refractivity contribution >= 4 is 11.8 Å². The number of carbonyl (C=O) groups is 2. The first-order chi connectivity index (χ1) is 17.1. The lowest BCUT2D eigenvalue weighted by molar-refractivity contribution is -0.129. The van der Waals surface area contributed by atoms with Crippen LogP contribution in [0.1, 0.15) is 135 Å². The second-order valence-corrected chi connectivity index (χ2v) is 10.1. The van der Waals surface area contributed by atoms with Crippen LogP contribution in [-0.4, -0.2) is 43.5 Å². The van der Waals surface area contributed by atoms with E-state index in [2.05, 4.69) is 17.6 Å². The molecule has 0 heterocycles. The molecule has 0 fully saturated rings. The van der Waals surface area contributed by atoms with Crippen molar-refractivity contribution in [2.24, 2.45) is 17.2 Å². The lowest BCUT2D eigenvalue weighted by Gasteiger charge is -2.21. The van der Waals surface area contributed by atoms with Crippen molar-refractivity contribution in [3.05, 3.63) is 0 Å². The van der Waals surface area contributed by atoms with Gasteiger partial charge in [0.2, 0.25) is 11.8 Å². The van der Waals surface area contributed by atoms with Crippen LogP contribution in [0.4, 0.5) is 0 Å². The third-order valence-electron chi connectivity index (χ3n) is 6.72. The van der Waals surface area contributed by atoms with Crippen LogP contribution in [0.15, 0.2) is 0 Å². The van der Waals surface area contributed by atoms with E-state index < -0.39 is 12.1 Å². The monoisotopic (exact) mass is 497 g/mol. The molecule has 0 aliphatic rings. The summed E-state index contributed by atoms with van der Waals surface area (Å²) >= 11 is 0. The van der Waals surface area contributed by atoms with Gasteiger partial charge in [-0.15, -0.1) is 0 Å². The summed E-state index contributed by atoms with van der Waals surface area (Å²) in [5.74, 6) is -0.370. The minimum absolute atomic E-state index is 0.112. The molecule has 0 saturated carbocycles. The van der Waals surface area contributed by atoms with Crippen LogP contribution in [0.3, 0.4) is 0 Å². The molecule has 0 aliphatic carbocycles. The lowest BCUT2D eigenvalue weighted by atomic mass is 10.0. The number of amides is 2. The van der Waals surface area contributed by atoms with Gasteiger partial charge in [-0.25, -0.2) is 0 Å². The molecule has 0 aliphatic heterocycles. The van der Waals surface area contributed by atoms with E-state index in [1.165, 1.54) is 77.0 Å². The first kappa shape index (κ1) is 33.8. The Hall–Kier alpha value is -1.18. The van der Waals surface area contributed by atoms with E-state index in [4.69, 9.17) is 17.2 Å². The van der Waals surface area contributed by atoms with Crippen molar-refractivity contribution in [2.75, 3.05) is 19.6 Å². The third-order valence-corrected chi connectivity index (χ3v) is 6.72. The average molecular weight is 498 g/mol. The van der Waals surface area contributed by atoms with Gasteiger partial charge in [-0.2, -0.15) is 0 Å². The summed E-state index contributed by atoms with van der Waals surface area (Å²) in [6.07, 6.45) is 22.9. The smallest absolute Gasteiger partial charge is 0.242 e. The van der Waals surface area contributed by atoms with Gasteiger partial charge < -0.3 is 27.8 Å². The topological polar surface area (TPSA) is 136 Å². The number of nitrogens with two attached hydrogens (primary N) is 3. The van der Waals surface area contributed by atoms with Gasteiger partial charge in [-0.3, -0.25) is 9.59 Å². The number of hydrogen-bond acceptors (Lipinski definition) is 5. The zero-order valence-corrected chi connectivity index (χ0v) is 23.0. The van der Waals surface area contributed by atoms with Gasteiger partial charge in [0.25, 0.3) is 0 Å². The predicted molar refractivity (Wildman–Crippen MR) is 149 cm³/mol. The van der Waals surface area contributed by atoms with Crippen molar-refractivity contribution in [1.29, 1.82) is 0 Å². The van der Waals surface area contributed by atoms with Crippen LogP contribution in [0.5, 0.6) is 0 Å². The first-order valence-electron chi connectivity index (χ1n) is 14.8. The van der Waals surface area contributed by atoms with E-state index in [0.717, 1.165) is 38.5 Å². The Balaban J connectivity index is 3.91. The molecule has 0 radical (unpaired) electrons. The van der Waals surface area contributed by atoms with Crippen LogP contribution < -0.4 is 27.8 Å². The van der Waals surface area contributed by atoms with Crippen molar-refractivity contribution in [3.8, 4) is 0 Å². The quantitative estimate of drug-likeness (QED) is 0.111. The summed E-state index contributed by atoms with van der Waals surface area (Å²) in [5.41, 5.74) is 17.1. The van der Waals surface area contributed by atoms with Gasteiger partial charge in [-0.05, 0) is 51.6 Å². The Morgan fingerprint density at radius 3 is 1.54 bits per heavy atom. The molecule has 35 heavy (non-hydrogen) atoms. The second kappa shape index (κ2) is 25.9. The zero-order valence-electron chi connectivity index (χ0n) is 23.0. The molecule has 0 aromatic heterocycles. The molecule has 208 valence electrons. The van der Waals surface area contributed by atoms with Gasteiger partial charge >= 0.3 is 0 Å². The number of unbranched alkanes of at least 4 members (excludes halogenated alkanes) is 15. The van der Waals surface area contributed by atoms with Gasteiger partial charge in [0.05, 0.1) is 6.04 Å². The summed E-state index contributed by atoms with van der Waals surface area (Å²) < 4.78 is 0. The van der Waals surface area contributed by atoms with Crippen molar-refractivity contribution in [3.63, 3.8) is 0 Å². The highest BCUT2D eigenvalue weighted by molar-refractivity contribution is 5.89. The van der Waals surface area contributed by atoms with Crippen molar-refractivity contribution in [1.82, 2.24) is 10.6 Å². The summed E-state index contributed by atoms with van der Waals surface area (Å²) in [5, 5.41) is 5.86. The summed E-state index contributed by atoms with van der Waals surface area (Å²) in [4.78, 5) is 25.1. The first-order valence-corrected chi connectivity index (χ1v) is 14.8. The Morgan fingerprint density at radius 1 is 0.600 bits per heavy atom. The maximum absolute atomic E-state index is 12.7. The van der Waals surface area contributed by atoms with Crippen LogP contribution in [0, 0.1) is 0 Å². The Labute approximate surface area is 216 Å². The lowest BCUT2D eigenvalue weighted by Crippen LogP contribution is -2.51. The number of rotatable bonds is 26. The standard InChI is InChI=1S/C28H59N5O2/c1-2-3-4-5-6-7-8-9-10-11-12-13-14-19-24-32-28(35)26(21-16-18-23-30)33-27(34)25(31)20-15-17-22-29/h25-26H,2-24,29-31H2,1H3,(H,32,35)(H,33,34)/t25-,26-/m0/s1. The molecule has 0 spiro atoms. The Kier molecular flexibility index (Phi) is 25.0.